The Kier molecular flexibility index (Phi) is 4.94. The maximum atomic E-state index is 8.75. The van der Waals surface area contributed by atoms with Gasteiger partial charge in [-0.3, -0.25) is 4.90 Å². The lowest BCUT2D eigenvalue weighted by Crippen LogP contribution is -2.47. The van der Waals surface area contributed by atoms with Crippen molar-refractivity contribution in [2.24, 2.45) is 0 Å². The van der Waals surface area contributed by atoms with E-state index in [1.807, 2.05) is 0 Å². The molecular weight excluding hydrogens is 474 g/mol. The van der Waals surface area contributed by atoms with Gasteiger partial charge in [-0.1, -0.05) is 0 Å². The van der Waals surface area contributed by atoms with Crippen molar-refractivity contribution in [3.05, 3.63) is 48.8 Å². The van der Waals surface area contributed by atoms with Crippen LogP contribution in [0.15, 0.2) is 53.3 Å². The van der Waals surface area contributed by atoms with Crippen LogP contribution in [0.4, 0.5) is 11.6 Å². The molecule has 1 fully saturated rings. The van der Waals surface area contributed by atoms with Crippen LogP contribution in [0.2, 0.25) is 0 Å². The molecule has 6 rings (SSSR count). The monoisotopic (exact) mass is 508 g/mol. The minimum Gasteiger partial charge on any atom is -0.491 e. The summed E-state index contributed by atoms with van der Waals surface area (Å²) in [6.45, 7) is -2.86. The van der Waals surface area contributed by atoms with Crippen LogP contribution in [0, 0.1) is 0 Å². The van der Waals surface area contributed by atoms with Crippen LogP contribution >= 0.6 is 0 Å². The first kappa shape index (κ1) is 18.1. The lowest BCUT2D eigenvalue weighted by Gasteiger charge is -2.36. The number of rotatable bonds is 9. The Morgan fingerprint density at radius 1 is 1.08 bits per heavy atom. The molecule has 0 amide bonds. The van der Waals surface area contributed by atoms with Crippen LogP contribution in [0.5, 0.6) is 5.75 Å². The van der Waals surface area contributed by atoms with Gasteiger partial charge in [0.05, 0.1) is 37.8 Å². The maximum Gasteiger partial charge on any atom is 0.225 e. The molecule has 5 heterocycles. The molecule has 0 aliphatic carbocycles. The summed E-state index contributed by atoms with van der Waals surface area (Å²) < 4.78 is 62.3. The average molecular weight is 509 g/mol. The van der Waals surface area contributed by atoms with Crippen molar-refractivity contribution in [2.45, 2.75) is 6.54 Å². The van der Waals surface area contributed by atoms with Gasteiger partial charge in [-0.25, -0.2) is 9.67 Å². The first-order valence-electron chi connectivity index (χ1n) is 14.3. The van der Waals surface area contributed by atoms with Crippen molar-refractivity contribution in [1.29, 1.82) is 0 Å². The summed E-state index contributed by atoms with van der Waals surface area (Å²) in [4.78, 5) is 11.8. The Morgan fingerprint density at radius 3 is 2.68 bits per heavy atom. The normalized spacial score (nSPS) is 19.4. The predicted octanol–water partition coefficient (Wildman–Crippen LogP) is 2.16. The van der Waals surface area contributed by atoms with Crippen LogP contribution in [-0.2, 0) is 11.3 Å². The Hall–Kier alpha value is -4.16. The average Bonchev–Trinajstić information content (AvgIpc) is 3.67. The second-order valence-electron chi connectivity index (χ2n) is 8.35. The topological polar surface area (TPSA) is 125 Å². The Balaban J connectivity index is 1.21. The van der Waals surface area contributed by atoms with Gasteiger partial charge < -0.3 is 24.5 Å². The highest BCUT2D eigenvalue weighted by Gasteiger charge is 2.20. The third-order valence-electron chi connectivity index (χ3n) is 5.94. The molecule has 12 nitrogen and oxygen atoms in total. The van der Waals surface area contributed by atoms with Crippen molar-refractivity contribution in [2.75, 3.05) is 63.6 Å². The molecule has 1 aromatic carbocycles. The van der Waals surface area contributed by atoms with Gasteiger partial charge in [0.25, 0.3) is 0 Å². The van der Waals surface area contributed by atoms with E-state index in [4.69, 9.17) is 26.5 Å². The highest BCUT2D eigenvalue weighted by molar-refractivity contribution is 5.90. The Labute approximate surface area is 220 Å². The molecule has 1 aliphatic rings. The molecule has 0 bridgehead atoms. The summed E-state index contributed by atoms with van der Waals surface area (Å²) in [6, 6.07) is 10.1. The summed E-state index contributed by atoms with van der Waals surface area (Å²) in [5, 5.41) is 9.04. The van der Waals surface area contributed by atoms with Gasteiger partial charge in [0.1, 0.15) is 12.4 Å². The standard InChI is InChI=1S/C25H29N9O3/c1-35-15-16-36-19-6-4-18(5-7-19)32-11-8-31(9-12-32)10-13-33-23-20(17-27-33)24-28-22(21-3-2-14-37-21)30-34(24)25(26)29-23/h2-7,14,17H,8-13,15-16H2,1H3,(H2,26,29)/i11D2,12D2,17D. The molecule has 37 heavy (non-hydrogen) atoms. The van der Waals surface area contributed by atoms with E-state index in [1.54, 1.807) is 48.4 Å². The molecule has 1 saturated heterocycles. The van der Waals surface area contributed by atoms with E-state index in [9.17, 15) is 0 Å². The molecule has 0 saturated carbocycles. The lowest BCUT2D eigenvalue weighted by molar-refractivity contribution is 0.146. The van der Waals surface area contributed by atoms with E-state index in [2.05, 4.69) is 20.2 Å². The molecule has 0 spiro atoms. The molecule has 0 atom stereocenters. The van der Waals surface area contributed by atoms with Crippen LogP contribution < -0.4 is 15.4 Å². The van der Waals surface area contributed by atoms with Crippen molar-refractivity contribution in [3.63, 3.8) is 0 Å². The van der Waals surface area contributed by atoms with E-state index in [0.29, 0.717) is 52.9 Å². The van der Waals surface area contributed by atoms with Crippen LogP contribution in [0.1, 0.15) is 6.85 Å². The maximum absolute atomic E-state index is 8.75. The molecule has 12 heteroatoms. The highest BCUT2D eigenvalue weighted by Crippen LogP contribution is 2.24. The van der Waals surface area contributed by atoms with Gasteiger partial charge >= 0.3 is 0 Å². The summed E-state index contributed by atoms with van der Waals surface area (Å²) in [6.07, 6.45) is 1.44. The number of aromatic nitrogens is 6. The smallest absolute Gasteiger partial charge is 0.225 e. The molecule has 0 unspecified atom stereocenters. The van der Waals surface area contributed by atoms with E-state index in [1.165, 1.54) is 20.4 Å². The van der Waals surface area contributed by atoms with Crippen LogP contribution in [0.3, 0.4) is 0 Å². The summed E-state index contributed by atoms with van der Waals surface area (Å²) in [5.74, 6) is 1.38. The summed E-state index contributed by atoms with van der Waals surface area (Å²) in [7, 11) is 1.59. The zero-order valence-electron chi connectivity index (χ0n) is 25.2. The molecule has 2 N–H and O–H groups in total. The van der Waals surface area contributed by atoms with E-state index >= 15 is 0 Å². The van der Waals surface area contributed by atoms with E-state index in [-0.39, 0.29) is 38.3 Å². The number of nitrogens with zero attached hydrogens (tertiary/aromatic N) is 8. The van der Waals surface area contributed by atoms with Gasteiger partial charge in [-0.05, 0) is 36.4 Å². The van der Waals surface area contributed by atoms with E-state index < -0.39 is 13.0 Å². The van der Waals surface area contributed by atoms with Crippen molar-refractivity contribution in [3.8, 4) is 17.3 Å². The molecule has 5 aromatic rings. The SMILES string of the molecule is [2H]c1nn(CCN2CC([2H])([2H])N(c3ccc(OCCOC)cc3)C([2H])([2H])C2)c2nc(N)n3nc(-c4ccco4)nc3c12. The number of fused-ring (bicyclic) bond motifs is 3. The molecule has 1 aliphatic heterocycles. The van der Waals surface area contributed by atoms with Crippen LogP contribution in [0.25, 0.3) is 28.3 Å². The molecular formula is C25H29N9O3. The fourth-order valence-corrected chi connectivity index (χ4v) is 4.02. The number of anilines is 2. The van der Waals surface area contributed by atoms with Crippen molar-refractivity contribution >= 4 is 28.3 Å². The molecule has 4 aromatic heterocycles. The van der Waals surface area contributed by atoms with E-state index in [0.717, 1.165) is 0 Å². The highest BCUT2D eigenvalue weighted by atomic mass is 16.5. The number of nitrogen functional groups attached to an aromatic ring is 1. The fourth-order valence-electron chi connectivity index (χ4n) is 4.02. The summed E-state index contributed by atoms with van der Waals surface area (Å²) in [5.41, 5.74) is 7.23. The third-order valence-corrected chi connectivity index (χ3v) is 5.94. The van der Waals surface area contributed by atoms with Gasteiger partial charge in [-0.15, -0.1) is 5.10 Å². The zero-order valence-corrected chi connectivity index (χ0v) is 20.2. The first-order chi connectivity index (χ1) is 20.1. The van der Waals surface area contributed by atoms with Gasteiger partial charge in [-0.2, -0.15) is 14.6 Å². The number of piperazine rings is 1. The first-order valence-corrected chi connectivity index (χ1v) is 11.8. The van der Waals surface area contributed by atoms with Gasteiger partial charge in [0.2, 0.25) is 11.8 Å². The van der Waals surface area contributed by atoms with Crippen molar-refractivity contribution < 1.29 is 20.7 Å². The quantitative estimate of drug-likeness (QED) is 0.296. The fraction of sp³-hybridized carbons (Fsp3) is 0.360. The molecule has 0 radical (unpaired) electrons. The Bertz CT molecular complexity index is 1690. The van der Waals surface area contributed by atoms with Crippen molar-refractivity contribution in [1.82, 2.24) is 34.3 Å². The predicted molar refractivity (Wildman–Crippen MR) is 139 cm³/mol. The number of hydrogen-bond donors (Lipinski definition) is 1. The Morgan fingerprint density at radius 2 is 1.92 bits per heavy atom. The molecule has 192 valence electrons. The number of ether oxygens (including phenoxy) is 2. The second kappa shape index (κ2) is 10.1. The number of hydrogen-bond acceptors (Lipinski definition) is 10. The minimum atomic E-state index is -2.02. The lowest BCUT2D eigenvalue weighted by atomic mass is 10.2. The largest absolute Gasteiger partial charge is 0.491 e. The number of methoxy groups -OCH3 is 1. The number of nitrogens with two attached hydrogens (primary N) is 1. The van der Waals surface area contributed by atoms with Gasteiger partial charge in [0, 0.05) is 45.4 Å². The summed E-state index contributed by atoms with van der Waals surface area (Å²) >= 11 is 0. The number of benzene rings is 1. The second-order valence-corrected chi connectivity index (χ2v) is 8.35. The number of furan rings is 1. The third kappa shape index (κ3) is 4.68. The zero-order chi connectivity index (χ0) is 29.6. The minimum absolute atomic E-state index is 0.0535. The van der Waals surface area contributed by atoms with Crippen LogP contribution in [-0.4, -0.2) is 87.2 Å². The van der Waals surface area contributed by atoms with Gasteiger partial charge in [0.15, 0.2) is 17.1 Å².